The molecule has 2 unspecified atom stereocenters. The Bertz CT molecular complexity index is 1020. The number of hydrogen-bond donors (Lipinski definition) is 0. The summed E-state index contributed by atoms with van der Waals surface area (Å²) < 4.78 is 1.57. The van der Waals surface area contributed by atoms with E-state index in [2.05, 4.69) is 4.98 Å². The van der Waals surface area contributed by atoms with E-state index >= 15 is 0 Å². The van der Waals surface area contributed by atoms with Crippen molar-refractivity contribution in [1.29, 1.82) is 0 Å². The molecular formula is C19H15N3O3S2. The minimum atomic E-state index is -0.547. The maximum atomic E-state index is 12.9. The Balaban J connectivity index is 1.68. The van der Waals surface area contributed by atoms with Crippen LogP contribution in [0.4, 0.5) is 5.82 Å². The molecule has 0 saturated heterocycles. The van der Waals surface area contributed by atoms with Crippen molar-refractivity contribution in [3.8, 4) is 0 Å². The molecule has 1 aliphatic carbocycles. The first kappa shape index (κ1) is 17.6. The van der Waals surface area contributed by atoms with Gasteiger partial charge in [-0.15, -0.1) is 22.7 Å². The SMILES string of the molecule is O=C1C=C(C=Cc2cccs2)CC(c2cccs2)C1n1cnc([N+](=O)[O-])c1. The predicted molar refractivity (Wildman–Crippen MR) is 106 cm³/mol. The Morgan fingerprint density at radius 1 is 1.22 bits per heavy atom. The second-order valence-corrected chi connectivity index (χ2v) is 8.14. The summed E-state index contributed by atoms with van der Waals surface area (Å²) in [5.41, 5.74) is 0.956. The van der Waals surface area contributed by atoms with E-state index < -0.39 is 11.0 Å². The van der Waals surface area contributed by atoms with Crippen molar-refractivity contribution in [3.05, 3.63) is 85.1 Å². The number of nitro groups is 1. The highest BCUT2D eigenvalue weighted by Gasteiger charge is 2.35. The second-order valence-electron chi connectivity index (χ2n) is 6.18. The maximum Gasteiger partial charge on any atom is 0.381 e. The molecule has 136 valence electrons. The Hall–Kier alpha value is -2.84. The minimum Gasteiger partial charge on any atom is -0.358 e. The summed E-state index contributed by atoms with van der Waals surface area (Å²) in [5.74, 6) is -0.405. The van der Waals surface area contributed by atoms with Gasteiger partial charge < -0.3 is 10.1 Å². The van der Waals surface area contributed by atoms with Crippen LogP contribution in [0.2, 0.25) is 0 Å². The molecule has 0 fully saturated rings. The molecule has 3 aromatic rings. The van der Waals surface area contributed by atoms with Crippen LogP contribution in [0.25, 0.3) is 6.08 Å². The van der Waals surface area contributed by atoms with Gasteiger partial charge in [0.15, 0.2) is 5.78 Å². The molecule has 27 heavy (non-hydrogen) atoms. The lowest BCUT2D eigenvalue weighted by Gasteiger charge is -2.29. The summed E-state index contributed by atoms with van der Waals surface area (Å²) in [6, 6.07) is 7.45. The van der Waals surface area contributed by atoms with Crippen LogP contribution in [0.5, 0.6) is 0 Å². The van der Waals surface area contributed by atoms with Crippen molar-refractivity contribution in [2.75, 3.05) is 0 Å². The van der Waals surface area contributed by atoms with Gasteiger partial charge in [0.25, 0.3) is 0 Å². The Morgan fingerprint density at radius 2 is 2.04 bits per heavy atom. The molecule has 6 nitrogen and oxygen atoms in total. The fraction of sp³-hybridized carbons (Fsp3) is 0.158. The first-order valence-corrected chi connectivity index (χ1v) is 10.0. The van der Waals surface area contributed by atoms with E-state index in [9.17, 15) is 14.9 Å². The van der Waals surface area contributed by atoms with Gasteiger partial charge in [0, 0.05) is 15.7 Å². The van der Waals surface area contributed by atoms with E-state index in [4.69, 9.17) is 0 Å². The molecule has 3 aromatic heterocycles. The van der Waals surface area contributed by atoms with Crippen molar-refractivity contribution in [2.45, 2.75) is 18.4 Å². The monoisotopic (exact) mass is 397 g/mol. The van der Waals surface area contributed by atoms with Gasteiger partial charge in [-0.2, -0.15) is 0 Å². The van der Waals surface area contributed by atoms with Crippen LogP contribution in [-0.4, -0.2) is 20.3 Å². The molecule has 0 bridgehead atoms. The van der Waals surface area contributed by atoms with E-state index in [-0.39, 0.29) is 17.5 Å². The van der Waals surface area contributed by atoms with Crippen LogP contribution >= 0.6 is 22.7 Å². The van der Waals surface area contributed by atoms with Crippen molar-refractivity contribution in [1.82, 2.24) is 9.55 Å². The molecule has 0 amide bonds. The summed E-state index contributed by atoms with van der Waals surface area (Å²) >= 11 is 3.23. The van der Waals surface area contributed by atoms with Crippen molar-refractivity contribution < 1.29 is 9.72 Å². The highest BCUT2D eigenvalue weighted by Crippen LogP contribution is 2.41. The van der Waals surface area contributed by atoms with E-state index in [0.717, 1.165) is 15.3 Å². The Morgan fingerprint density at radius 3 is 2.70 bits per heavy atom. The van der Waals surface area contributed by atoms with E-state index in [1.54, 1.807) is 33.3 Å². The first-order valence-electron chi connectivity index (χ1n) is 8.29. The average molecular weight is 397 g/mol. The zero-order chi connectivity index (χ0) is 18.8. The fourth-order valence-electron chi connectivity index (χ4n) is 3.27. The molecule has 0 N–H and O–H groups in total. The quantitative estimate of drug-likeness (QED) is 0.455. The van der Waals surface area contributed by atoms with Crippen LogP contribution < -0.4 is 0 Å². The maximum absolute atomic E-state index is 12.9. The van der Waals surface area contributed by atoms with Crippen LogP contribution in [0, 0.1) is 10.1 Å². The Kier molecular flexibility index (Phi) is 4.83. The summed E-state index contributed by atoms with van der Waals surface area (Å²) in [6.07, 6.45) is 9.04. The number of hydrogen-bond acceptors (Lipinski definition) is 6. The zero-order valence-electron chi connectivity index (χ0n) is 14.1. The third-order valence-electron chi connectivity index (χ3n) is 4.47. The number of ketones is 1. The number of imidazole rings is 1. The zero-order valence-corrected chi connectivity index (χ0v) is 15.7. The van der Waals surface area contributed by atoms with E-state index in [1.807, 2.05) is 47.2 Å². The van der Waals surface area contributed by atoms with Gasteiger partial charge in [0.2, 0.25) is 6.33 Å². The number of carbonyl (C=O) groups is 1. The minimum absolute atomic E-state index is 0.0715. The van der Waals surface area contributed by atoms with Crippen LogP contribution in [-0.2, 0) is 4.79 Å². The summed E-state index contributed by atoms with van der Waals surface area (Å²) in [4.78, 5) is 29.4. The standard InChI is InChI=1S/C19H15N3O3S2/c23-16-10-13(5-6-14-3-1-7-26-14)9-15(17-4-2-8-27-17)19(16)21-11-18(20-12-21)22(24)25/h1-8,10-12,15,19H,9H2. The third-order valence-corrected chi connectivity index (χ3v) is 6.31. The van der Waals surface area contributed by atoms with Gasteiger partial charge in [-0.25, -0.2) is 0 Å². The predicted octanol–water partition coefficient (Wildman–Crippen LogP) is 4.85. The summed E-state index contributed by atoms with van der Waals surface area (Å²) in [7, 11) is 0. The number of nitrogens with zero attached hydrogens (tertiary/aromatic N) is 3. The van der Waals surface area contributed by atoms with Gasteiger partial charge in [-0.1, -0.05) is 18.2 Å². The molecule has 3 heterocycles. The van der Waals surface area contributed by atoms with Crippen molar-refractivity contribution in [2.24, 2.45) is 0 Å². The van der Waals surface area contributed by atoms with Crippen LogP contribution in [0.3, 0.4) is 0 Å². The molecule has 8 heteroatoms. The first-order chi connectivity index (χ1) is 13.1. The molecule has 0 radical (unpaired) electrons. The Labute approximate surface area is 163 Å². The highest BCUT2D eigenvalue weighted by molar-refractivity contribution is 7.10. The largest absolute Gasteiger partial charge is 0.381 e. The number of carbonyl (C=O) groups excluding carboxylic acids is 1. The molecule has 4 rings (SSSR count). The van der Waals surface area contributed by atoms with Crippen LogP contribution in [0.15, 0.2) is 65.3 Å². The third kappa shape index (κ3) is 3.67. The summed E-state index contributed by atoms with van der Waals surface area (Å²) in [5, 5.41) is 15.0. The topological polar surface area (TPSA) is 78.0 Å². The van der Waals surface area contributed by atoms with E-state index in [1.165, 1.54) is 12.5 Å². The lowest BCUT2D eigenvalue weighted by molar-refractivity contribution is -0.389. The lowest BCUT2D eigenvalue weighted by Crippen LogP contribution is -2.27. The molecule has 0 aliphatic heterocycles. The van der Waals surface area contributed by atoms with Gasteiger partial charge in [-0.05, 0) is 56.9 Å². The van der Waals surface area contributed by atoms with E-state index in [0.29, 0.717) is 6.42 Å². The van der Waals surface area contributed by atoms with Gasteiger partial charge in [0.05, 0.1) is 0 Å². The normalized spacial score (nSPS) is 20.1. The van der Waals surface area contributed by atoms with Gasteiger partial charge in [0.1, 0.15) is 12.2 Å². The number of aromatic nitrogens is 2. The fourth-order valence-corrected chi connectivity index (χ4v) is 4.74. The molecule has 0 aromatic carbocycles. The number of rotatable bonds is 5. The smallest absolute Gasteiger partial charge is 0.358 e. The lowest BCUT2D eigenvalue weighted by atomic mass is 9.82. The highest BCUT2D eigenvalue weighted by atomic mass is 32.1. The average Bonchev–Trinajstić information content (AvgIpc) is 3.41. The van der Waals surface area contributed by atoms with Gasteiger partial charge in [-0.3, -0.25) is 9.36 Å². The van der Waals surface area contributed by atoms with Crippen molar-refractivity contribution >= 4 is 40.4 Å². The molecule has 2 atom stereocenters. The molecule has 1 aliphatic rings. The number of allylic oxidation sites excluding steroid dienone is 3. The molecule has 0 saturated carbocycles. The molecule has 0 spiro atoms. The number of thiophene rings is 2. The second kappa shape index (κ2) is 7.42. The van der Waals surface area contributed by atoms with Crippen LogP contribution in [0.1, 0.15) is 28.1 Å². The summed E-state index contributed by atoms with van der Waals surface area (Å²) in [6.45, 7) is 0. The van der Waals surface area contributed by atoms with Gasteiger partial charge >= 0.3 is 5.82 Å². The molecular weight excluding hydrogens is 382 g/mol. The van der Waals surface area contributed by atoms with Crippen molar-refractivity contribution in [3.63, 3.8) is 0 Å².